The van der Waals surface area contributed by atoms with Gasteiger partial charge in [-0.2, -0.15) is 0 Å². The Hall–Kier alpha value is -1.24. The zero-order chi connectivity index (χ0) is 21.2. The van der Waals surface area contributed by atoms with E-state index in [0.29, 0.717) is 11.7 Å². The fourth-order valence-electron chi connectivity index (χ4n) is 3.54. The lowest BCUT2D eigenvalue weighted by Crippen LogP contribution is -2.42. The standard InChI is InChI=1S/C23H33BrN2O2Si/c1-23(2,3)29(4,5)28-15-16-6-8-17(9-7-16)22(27)26-21-13-19-12-20(24)11-10-18(19)14-25-21/h10-14,16-17H,6-9,15H2,1-5H3,(H,25,26,27). The van der Waals surface area contributed by atoms with Crippen LogP contribution in [-0.4, -0.2) is 25.8 Å². The number of hydrogen-bond acceptors (Lipinski definition) is 3. The average Bonchev–Trinajstić information content (AvgIpc) is 2.65. The molecule has 1 amide bonds. The van der Waals surface area contributed by atoms with Gasteiger partial charge in [0, 0.05) is 28.6 Å². The van der Waals surface area contributed by atoms with E-state index in [1.54, 1.807) is 0 Å². The molecular formula is C23H33BrN2O2Si. The Balaban J connectivity index is 1.51. The van der Waals surface area contributed by atoms with Gasteiger partial charge in [-0.3, -0.25) is 4.79 Å². The third-order valence-corrected chi connectivity index (χ3v) is 11.6. The summed E-state index contributed by atoms with van der Waals surface area (Å²) in [7, 11) is -1.70. The molecule has 1 fully saturated rings. The lowest BCUT2D eigenvalue weighted by molar-refractivity contribution is -0.121. The van der Waals surface area contributed by atoms with Crippen molar-refractivity contribution < 1.29 is 9.22 Å². The van der Waals surface area contributed by atoms with E-state index in [1.807, 2.05) is 30.5 Å². The number of carbonyl (C=O) groups is 1. The number of hydrogen-bond donors (Lipinski definition) is 1. The van der Waals surface area contributed by atoms with Crippen LogP contribution >= 0.6 is 15.9 Å². The molecule has 2 aromatic rings. The normalized spacial score (nSPS) is 20.6. The van der Waals surface area contributed by atoms with Gasteiger partial charge < -0.3 is 9.74 Å². The van der Waals surface area contributed by atoms with Crippen LogP contribution in [0.1, 0.15) is 46.5 Å². The van der Waals surface area contributed by atoms with E-state index in [1.165, 1.54) is 0 Å². The molecule has 0 bridgehead atoms. The van der Waals surface area contributed by atoms with Crippen molar-refractivity contribution in [2.75, 3.05) is 11.9 Å². The zero-order valence-corrected chi connectivity index (χ0v) is 20.8. The maximum Gasteiger partial charge on any atom is 0.228 e. The van der Waals surface area contributed by atoms with Gasteiger partial charge in [0.15, 0.2) is 8.32 Å². The van der Waals surface area contributed by atoms with Gasteiger partial charge in [0.05, 0.1) is 0 Å². The average molecular weight is 478 g/mol. The number of amides is 1. The van der Waals surface area contributed by atoms with Crippen molar-refractivity contribution in [3.05, 3.63) is 34.9 Å². The second kappa shape index (κ2) is 8.86. The minimum Gasteiger partial charge on any atom is -0.417 e. The second-order valence-electron chi connectivity index (χ2n) is 9.84. The summed E-state index contributed by atoms with van der Waals surface area (Å²) >= 11 is 3.50. The minimum absolute atomic E-state index is 0.0686. The Labute approximate surface area is 184 Å². The molecule has 158 valence electrons. The summed E-state index contributed by atoms with van der Waals surface area (Å²) in [6.07, 6.45) is 5.79. The number of nitrogens with one attached hydrogen (secondary N) is 1. The predicted octanol–water partition coefficient (Wildman–Crippen LogP) is 6.76. The molecule has 1 N–H and O–H groups in total. The maximum atomic E-state index is 12.7. The van der Waals surface area contributed by atoms with Gasteiger partial charge in [0.25, 0.3) is 0 Å². The Morgan fingerprint density at radius 2 is 1.86 bits per heavy atom. The van der Waals surface area contributed by atoms with Crippen LogP contribution in [0.4, 0.5) is 5.82 Å². The largest absolute Gasteiger partial charge is 0.417 e. The van der Waals surface area contributed by atoms with Crippen LogP contribution in [0.15, 0.2) is 34.9 Å². The van der Waals surface area contributed by atoms with E-state index >= 15 is 0 Å². The highest BCUT2D eigenvalue weighted by atomic mass is 79.9. The van der Waals surface area contributed by atoms with Gasteiger partial charge in [-0.05, 0) is 73.3 Å². The Kier molecular flexibility index (Phi) is 6.86. The molecule has 1 heterocycles. The molecule has 0 atom stereocenters. The smallest absolute Gasteiger partial charge is 0.228 e. The molecule has 1 aliphatic carbocycles. The summed E-state index contributed by atoms with van der Waals surface area (Å²) in [6.45, 7) is 12.3. The highest BCUT2D eigenvalue weighted by Crippen LogP contribution is 2.38. The summed E-state index contributed by atoms with van der Waals surface area (Å²) in [5.74, 6) is 1.36. The minimum atomic E-state index is -1.70. The molecule has 1 aliphatic rings. The van der Waals surface area contributed by atoms with E-state index in [9.17, 15) is 4.79 Å². The van der Waals surface area contributed by atoms with Crippen LogP contribution in [0.25, 0.3) is 10.8 Å². The first-order chi connectivity index (χ1) is 13.5. The van der Waals surface area contributed by atoms with Gasteiger partial charge in [-0.15, -0.1) is 0 Å². The number of nitrogens with zero attached hydrogens (tertiary/aromatic N) is 1. The molecule has 0 radical (unpaired) electrons. The van der Waals surface area contributed by atoms with Crippen LogP contribution in [0, 0.1) is 11.8 Å². The number of fused-ring (bicyclic) bond motifs is 1. The zero-order valence-electron chi connectivity index (χ0n) is 18.2. The number of anilines is 1. The number of carbonyl (C=O) groups excluding carboxylic acids is 1. The highest BCUT2D eigenvalue weighted by Gasteiger charge is 2.38. The third-order valence-electron chi connectivity index (χ3n) is 6.64. The lowest BCUT2D eigenvalue weighted by Gasteiger charge is -2.38. The Morgan fingerprint density at radius 1 is 1.17 bits per heavy atom. The summed E-state index contributed by atoms with van der Waals surface area (Å²) < 4.78 is 7.42. The van der Waals surface area contributed by atoms with E-state index < -0.39 is 8.32 Å². The molecular weight excluding hydrogens is 444 g/mol. The van der Waals surface area contributed by atoms with Crippen molar-refractivity contribution in [3.63, 3.8) is 0 Å². The first-order valence-corrected chi connectivity index (χ1v) is 14.3. The molecule has 0 spiro atoms. The van der Waals surface area contributed by atoms with E-state index in [-0.39, 0.29) is 16.9 Å². The van der Waals surface area contributed by atoms with E-state index in [4.69, 9.17) is 4.43 Å². The van der Waals surface area contributed by atoms with Crippen molar-refractivity contribution in [2.45, 2.75) is 64.6 Å². The van der Waals surface area contributed by atoms with Crippen molar-refractivity contribution in [1.82, 2.24) is 4.98 Å². The van der Waals surface area contributed by atoms with Crippen LogP contribution < -0.4 is 5.32 Å². The summed E-state index contributed by atoms with van der Waals surface area (Å²) in [4.78, 5) is 17.1. The molecule has 1 aromatic heterocycles. The monoisotopic (exact) mass is 476 g/mol. The fraction of sp³-hybridized carbons (Fsp3) is 0.565. The van der Waals surface area contributed by atoms with E-state index in [0.717, 1.165) is 47.5 Å². The van der Waals surface area contributed by atoms with Crippen molar-refractivity contribution in [2.24, 2.45) is 11.8 Å². The third kappa shape index (κ3) is 5.67. The fourth-order valence-corrected chi connectivity index (χ4v) is 5.01. The van der Waals surface area contributed by atoms with Crippen LogP contribution in [0.2, 0.25) is 18.1 Å². The molecule has 29 heavy (non-hydrogen) atoms. The van der Waals surface area contributed by atoms with Crippen molar-refractivity contribution in [3.8, 4) is 0 Å². The van der Waals surface area contributed by atoms with Gasteiger partial charge >= 0.3 is 0 Å². The second-order valence-corrected chi connectivity index (χ2v) is 15.6. The predicted molar refractivity (Wildman–Crippen MR) is 127 cm³/mol. The molecule has 4 nitrogen and oxygen atoms in total. The summed E-state index contributed by atoms with van der Waals surface area (Å²) in [5, 5.41) is 5.40. The van der Waals surface area contributed by atoms with Crippen LogP contribution in [0.5, 0.6) is 0 Å². The molecule has 1 saturated carbocycles. The van der Waals surface area contributed by atoms with Gasteiger partial charge in [0.2, 0.25) is 5.91 Å². The lowest BCUT2D eigenvalue weighted by atomic mass is 9.82. The van der Waals surface area contributed by atoms with Gasteiger partial charge in [0.1, 0.15) is 5.82 Å². The van der Waals surface area contributed by atoms with E-state index in [2.05, 4.69) is 60.1 Å². The Bertz CT molecular complexity index is 871. The first kappa shape index (κ1) is 22.4. The van der Waals surface area contributed by atoms with Crippen LogP contribution in [0.3, 0.4) is 0 Å². The molecule has 1 aromatic carbocycles. The first-order valence-electron chi connectivity index (χ1n) is 10.6. The summed E-state index contributed by atoms with van der Waals surface area (Å²) in [6, 6.07) is 8.00. The van der Waals surface area contributed by atoms with Crippen LogP contribution in [-0.2, 0) is 9.22 Å². The number of benzene rings is 1. The van der Waals surface area contributed by atoms with Gasteiger partial charge in [-0.25, -0.2) is 4.98 Å². The molecule has 3 rings (SSSR count). The SMILES string of the molecule is CC(C)(C)[Si](C)(C)OCC1CCC(C(=O)Nc2cc3cc(Br)ccc3cn2)CC1. The quantitative estimate of drug-likeness (QED) is 0.484. The molecule has 0 unspecified atom stereocenters. The maximum absolute atomic E-state index is 12.7. The van der Waals surface area contributed by atoms with Gasteiger partial charge in [-0.1, -0.05) is 42.8 Å². The summed E-state index contributed by atoms with van der Waals surface area (Å²) in [5.41, 5.74) is 0. The number of pyridine rings is 1. The Morgan fingerprint density at radius 3 is 2.52 bits per heavy atom. The number of rotatable bonds is 5. The van der Waals surface area contributed by atoms with Crippen molar-refractivity contribution in [1.29, 1.82) is 0 Å². The topological polar surface area (TPSA) is 51.2 Å². The molecule has 6 heteroatoms. The van der Waals surface area contributed by atoms with Crippen molar-refractivity contribution >= 4 is 46.7 Å². The number of halogens is 1. The molecule has 0 saturated heterocycles. The number of aromatic nitrogens is 1. The molecule has 0 aliphatic heterocycles. The highest BCUT2D eigenvalue weighted by molar-refractivity contribution is 9.10.